The molecule has 33 heavy (non-hydrogen) atoms. The zero-order valence-corrected chi connectivity index (χ0v) is 16.7. The summed E-state index contributed by atoms with van der Waals surface area (Å²) in [7, 11) is 0. The third kappa shape index (κ3) is 6.03. The van der Waals surface area contributed by atoms with Crippen LogP contribution in [0.25, 0.3) is 12.2 Å². The predicted octanol–water partition coefficient (Wildman–Crippen LogP) is 0.345. The number of carboxylic acid groups (broad SMARTS) is 1. The number of aliphatic carboxylic acids is 1. The second-order valence-electron chi connectivity index (χ2n) is 6.59. The average Bonchev–Trinajstić information content (AvgIpc) is 2.77. The fraction of sp³-hybridized carbons (Fsp3) is 0.0909. The molecule has 0 aliphatic rings. The molecule has 0 radical (unpaired) electrons. The Kier molecular flexibility index (Phi) is 7.68. The molecule has 2 unspecified atom stereocenters. The van der Waals surface area contributed by atoms with E-state index in [2.05, 4.69) is 4.74 Å². The van der Waals surface area contributed by atoms with Gasteiger partial charge >= 0.3 is 17.9 Å². The highest BCUT2D eigenvalue weighted by Crippen LogP contribution is 2.25. The lowest BCUT2D eigenvalue weighted by molar-refractivity contribution is -0.190. The Morgan fingerprint density at radius 2 is 1.42 bits per heavy atom. The molecule has 0 aromatic heterocycles. The summed E-state index contributed by atoms with van der Waals surface area (Å²) in [6, 6.07) is 8.75. The number of carbonyl (C=O) groups excluding carboxylic acids is 3. The molecule has 0 heterocycles. The molecular formula is C22H18O11. The maximum Gasteiger partial charge on any atom is 0.357 e. The van der Waals surface area contributed by atoms with E-state index in [0.29, 0.717) is 17.7 Å². The molecule has 2 atom stereocenters. The lowest BCUT2D eigenvalue weighted by Crippen LogP contribution is -2.59. The standard InChI is InChI=1S/C22H18O11/c23-14-6-1-12(2-7-14)4-9-17(26)22(32,19(28)20(29)30)21(31)33-18(27)10-5-13-3-8-15(24)16(25)11-13/h1-11,19,23-25,28,32H,(H,29,30). The fourth-order valence-electron chi connectivity index (χ4n) is 2.42. The Morgan fingerprint density at radius 1 is 0.848 bits per heavy atom. The largest absolute Gasteiger partial charge is 0.508 e. The molecule has 2 aromatic rings. The van der Waals surface area contributed by atoms with Gasteiger partial charge in [-0.05, 0) is 47.5 Å². The molecular weight excluding hydrogens is 440 g/mol. The first-order valence-corrected chi connectivity index (χ1v) is 9.06. The lowest BCUT2D eigenvalue weighted by atomic mass is 9.90. The SMILES string of the molecule is O=C(C=Cc1ccc(O)c(O)c1)OC(=O)C(O)(C(=O)C=Cc1ccc(O)cc1)C(O)C(=O)O. The van der Waals surface area contributed by atoms with Gasteiger partial charge in [0, 0.05) is 6.08 Å². The van der Waals surface area contributed by atoms with E-state index >= 15 is 0 Å². The van der Waals surface area contributed by atoms with Crippen molar-refractivity contribution in [2.75, 3.05) is 0 Å². The van der Waals surface area contributed by atoms with Crippen molar-refractivity contribution in [3.05, 3.63) is 65.7 Å². The van der Waals surface area contributed by atoms with Crippen molar-refractivity contribution in [1.82, 2.24) is 0 Å². The minimum atomic E-state index is -3.65. The molecule has 0 amide bonds. The summed E-state index contributed by atoms with van der Waals surface area (Å²) in [4.78, 5) is 47.8. The van der Waals surface area contributed by atoms with Crippen molar-refractivity contribution in [3.63, 3.8) is 0 Å². The van der Waals surface area contributed by atoms with Gasteiger partial charge in [-0.2, -0.15) is 0 Å². The maximum absolute atomic E-state index is 12.4. The quantitative estimate of drug-likeness (QED) is 0.138. The minimum absolute atomic E-state index is 0.0751. The number of ketones is 1. The van der Waals surface area contributed by atoms with Crippen molar-refractivity contribution in [2.24, 2.45) is 0 Å². The number of esters is 2. The summed E-state index contributed by atoms with van der Waals surface area (Å²) >= 11 is 0. The number of carboxylic acids is 1. The number of benzene rings is 2. The molecule has 0 saturated heterocycles. The molecule has 6 N–H and O–H groups in total. The van der Waals surface area contributed by atoms with Gasteiger partial charge in [0.05, 0.1) is 0 Å². The summed E-state index contributed by atoms with van der Waals surface area (Å²) < 4.78 is 4.31. The van der Waals surface area contributed by atoms with E-state index in [-0.39, 0.29) is 11.3 Å². The molecule has 172 valence electrons. The molecule has 0 saturated carbocycles. The summed E-state index contributed by atoms with van der Waals surface area (Å²) in [6.45, 7) is 0. The van der Waals surface area contributed by atoms with Crippen LogP contribution in [0.5, 0.6) is 17.2 Å². The number of hydrogen-bond acceptors (Lipinski definition) is 10. The van der Waals surface area contributed by atoms with Crippen molar-refractivity contribution in [1.29, 1.82) is 0 Å². The first-order valence-electron chi connectivity index (χ1n) is 9.06. The van der Waals surface area contributed by atoms with Crippen LogP contribution in [0.3, 0.4) is 0 Å². The van der Waals surface area contributed by atoms with Gasteiger partial charge < -0.3 is 35.4 Å². The molecule has 2 aromatic carbocycles. The van der Waals surface area contributed by atoms with Crippen LogP contribution < -0.4 is 0 Å². The van der Waals surface area contributed by atoms with E-state index in [4.69, 9.17) is 5.11 Å². The number of carbonyl (C=O) groups is 4. The van der Waals surface area contributed by atoms with Gasteiger partial charge in [-0.25, -0.2) is 14.4 Å². The van der Waals surface area contributed by atoms with Gasteiger partial charge in [-0.15, -0.1) is 0 Å². The number of ether oxygens (including phenoxy) is 1. The average molecular weight is 458 g/mol. The third-order valence-electron chi connectivity index (χ3n) is 4.24. The van der Waals surface area contributed by atoms with Crippen LogP contribution >= 0.6 is 0 Å². The maximum atomic E-state index is 12.4. The Hall–Kier alpha value is -4.48. The van der Waals surface area contributed by atoms with Gasteiger partial charge in [0.25, 0.3) is 5.60 Å². The van der Waals surface area contributed by atoms with Gasteiger partial charge in [-0.1, -0.05) is 24.3 Å². The van der Waals surface area contributed by atoms with Gasteiger partial charge in [0.15, 0.2) is 17.6 Å². The molecule has 11 nitrogen and oxygen atoms in total. The molecule has 0 spiro atoms. The van der Waals surface area contributed by atoms with Crippen LogP contribution in [-0.2, 0) is 23.9 Å². The summed E-state index contributed by atoms with van der Waals surface area (Å²) in [6.07, 6.45) is 0.405. The highest BCUT2D eigenvalue weighted by atomic mass is 16.6. The van der Waals surface area contributed by atoms with E-state index in [1.165, 1.54) is 30.3 Å². The highest BCUT2D eigenvalue weighted by Gasteiger charge is 2.54. The first kappa shape index (κ1) is 24.8. The fourth-order valence-corrected chi connectivity index (χ4v) is 2.42. The zero-order chi connectivity index (χ0) is 24.8. The van der Waals surface area contributed by atoms with E-state index in [0.717, 1.165) is 24.3 Å². The smallest absolute Gasteiger partial charge is 0.357 e. The number of phenols is 3. The van der Waals surface area contributed by atoms with Crippen LogP contribution in [0.15, 0.2) is 54.6 Å². The van der Waals surface area contributed by atoms with Gasteiger partial charge in [-0.3, -0.25) is 4.79 Å². The summed E-state index contributed by atoms with van der Waals surface area (Å²) in [5.41, 5.74) is -3.14. The Morgan fingerprint density at radius 3 is 2.00 bits per heavy atom. The molecule has 0 bridgehead atoms. The van der Waals surface area contributed by atoms with Crippen molar-refractivity contribution >= 4 is 35.8 Å². The monoisotopic (exact) mass is 458 g/mol. The Labute approximate surface area is 185 Å². The minimum Gasteiger partial charge on any atom is -0.508 e. The van der Waals surface area contributed by atoms with E-state index < -0.39 is 46.9 Å². The van der Waals surface area contributed by atoms with Crippen LogP contribution in [0.1, 0.15) is 11.1 Å². The topological polar surface area (TPSA) is 199 Å². The lowest BCUT2D eigenvalue weighted by Gasteiger charge is -2.24. The number of hydrogen-bond donors (Lipinski definition) is 6. The van der Waals surface area contributed by atoms with E-state index in [9.17, 15) is 44.7 Å². The van der Waals surface area contributed by atoms with Crippen molar-refractivity contribution < 1.29 is 54.6 Å². The molecule has 2 rings (SSSR count). The normalized spacial score (nSPS) is 14.0. The van der Waals surface area contributed by atoms with Gasteiger partial charge in [0.1, 0.15) is 5.75 Å². The second kappa shape index (κ2) is 10.2. The predicted molar refractivity (Wildman–Crippen MR) is 111 cm³/mol. The summed E-state index contributed by atoms with van der Waals surface area (Å²) in [5, 5.41) is 57.1. The van der Waals surface area contributed by atoms with Crippen LogP contribution in [0.2, 0.25) is 0 Å². The molecule has 0 aliphatic heterocycles. The Bertz CT molecular complexity index is 1130. The first-order chi connectivity index (χ1) is 15.4. The number of rotatable bonds is 8. The van der Waals surface area contributed by atoms with E-state index in [1.807, 2.05) is 0 Å². The van der Waals surface area contributed by atoms with E-state index in [1.54, 1.807) is 0 Å². The van der Waals surface area contributed by atoms with Crippen molar-refractivity contribution in [2.45, 2.75) is 11.7 Å². The second-order valence-corrected chi connectivity index (χ2v) is 6.59. The number of aliphatic hydroxyl groups excluding tert-OH is 1. The molecule has 11 heteroatoms. The van der Waals surface area contributed by atoms with Crippen LogP contribution in [0, 0.1) is 0 Å². The number of aliphatic hydroxyl groups is 2. The van der Waals surface area contributed by atoms with Gasteiger partial charge in [0.2, 0.25) is 5.78 Å². The van der Waals surface area contributed by atoms with Crippen molar-refractivity contribution in [3.8, 4) is 17.2 Å². The number of phenolic OH excluding ortho intramolecular Hbond substituents is 3. The third-order valence-corrected chi connectivity index (χ3v) is 4.24. The summed E-state index contributed by atoms with van der Waals surface area (Å²) in [5.74, 6) is -8.18. The Balaban J connectivity index is 2.23. The van der Waals surface area contributed by atoms with Crippen LogP contribution in [-0.4, -0.2) is 66.0 Å². The zero-order valence-electron chi connectivity index (χ0n) is 16.7. The highest BCUT2D eigenvalue weighted by molar-refractivity contribution is 6.18. The molecule has 0 aliphatic carbocycles. The van der Waals surface area contributed by atoms with Crippen LogP contribution in [0.4, 0.5) is 0 Å². The number of aromatic hydroxyl groups is 3. The molecule has 0 fully saturated rings.